The molecule has 2 fully saturated rings. The number of carbonyl (C=O) groups is 1. The van der Waals surface area contributed by atoms with E-state index >= 15 is 0 Å². The average Bonchev–Trinajstić information content (AvgIpc) is 3.17. The van der Waals surface area contributed by atoms with Crippen LogP contribution in [0.1, 0.15) is 42.2 Å². The molecule has 1 amide bonds. The molecule has 0 spiro atoms. The van der Waals surface area contributed by atoms with E-state index in [0.717, 1.165) is 26.1 Å². The zero-order chi connectivity index (χ0) is 13.8. The van der Waals surface area contributed by atoms with Gasteiger partial charge in [-0.3, -0.25) is 9.48 Å². The Morgan fingerprint density at radius 2 is 2.45 bits per heavy atom. The smallest absolute Gasteiger partial charge is 0.271 e. The first-order chi connectivity index (χ1) is 9.83. The molecule has 0 bridgehead atoms. The van der Waals surface area contributed by atoms with Crippen molar-refractivity contribution in [2.75, 3.05) is 25.4 Å². The molecule has 1 aromatic heterocycles. The molecule has 6 heteroatoms. The maximum Gasteiger partial charge on any atom is 0.271 e. The first-order valence-electron chi connectivity index (χ1n) is 7.48. The number of hydrogen-bond donors (Lipinski definition) is 2. The highest BCUT2D eigenvalue weighted by atomic mass is 32.2. The van der Waals surface area contributed by atoms with Gasteiger partial charge in [0.2, 0.25) is 0 Å². The summed E-state index contributed by atoms with van der Waals surface area (Å²) in [6.07, 6.45) is 6.72. The Labute approximate surface area is 123 Å². The summed E-state index contributed by atoms with van der Waals surface area (Å²) in [6, 6.07) is 2.21. The molecule has 2 saturated heterocycles. The summed E-state index contributed by atoms with van der Waals surface area (Å²) in [5, 5.41) is 11.4. The Bertz CT molecular complexity index is 450. The van der Waals surface area contributed by atoms with Crippen molar-refractivity contribution in [3.8, 4) is 0 Å². The maximum absolute atomic E-state index is 12.1. The highest BCUT2D eigenvalue weighted by molar-refractivity contribution is 8.00. The Morgan fingerprint density at radius 1 is 1.50 bits per heavy atom. The molecule has 3 heterocycles. The maximum atomic E-state index is 12.1. The van der Waals surface area contributed by atoms with Crippen LogP contribution in [-0.4, -0.2) is 46.3 Å². The molecule has 0 aliphatic carbocycles. The van der Waals surface area contributed by atoms with Gasteiger partial charge in [0.05, 0.1) is 6.04 Å². The van der Waals surface area contributed by atoms with Crippen molar-refractivity contribution in [2.24, 2.45) is 0 Å². The zero-order valence-corrected chi connectivity index (χ0v) is 12.5. The van der Waals surface area contributed by atoms with Gasteiger partial charge in [0.25, 0.3) is 5.91 Å². The van der Waals surface area contributed by atoms with Crippen LogP contribution in [0.25, 0.3) is 0 Å². The molecule has 0 saturated carbocycles. The fourth-order valence-electron chi connectivity index (χ4n) is 2.82. The fraction of sp³-hybridized carbons (Fsp3) is 0.714. The van der Waals surface area contributed by atoms with E-state index in [-0.39, 0.29) is 5.91 Å². The summed E-state index contributed by atoms with van der Waals surface area (Å²) >= 11 is 1.96. The summed E-state index contributed by atoms with van der Waals surface area (Å²) in [5.41, 5.74) is 0.540. The SMILES string of the molecule is O=C(NCC1CCCS1)c1ccn(C2CCCNC2)n1. The first kappa shape index (κ1) is 13.9. The molecule has 0 aromatic carbocycles. The van der Waals surface area contributed by atoms with Crippen LogP contribution in [0.4, 0.5) is 0 Å². The fourth-order valence-corrected chi connectivity index (χ4v) is 4.03. The number of nitrogens with zero attached hydrogens (tertiary/aromatic N) is 2. The van der Waals surface area contributed by atoms with Crippen molar-refractivity contribution >= 4 is 17.7 Å². The molecular weight excluding hydrogens is 272 g/mol. The number of thioether (sulfide) groups is 1. The van der Waals surface area contributed by atoms with Crippen LogP contribution in [-0.2, 0) is 0 Å². The molecule has 3 rings (SSSR count). The van der Waals surface area contributed by atoms with Gasteiger partial charge in [0.15, 0.2) is 0 Å². The predicted molar refractivity (Wildman–Crippen MR) is 81.2 cm³/mol. The minimum absolute atomic E-state index is 0.0416. The van der Waals surface area contributed by atoms with Gasteiger partial charge in [-0.05, 0) is 44.0 Å². The van der Waals surface area contributed by atoms with E-state index in [1.165, 1.54) is 25.0 Å². The van der Waals surface area contributed by atoms with Gasteiger partial charge in [-0.15, -0.1) is 0 Å². The number of carbonyl (C=O) groups excluding carboxylic acids is 1. The molecule has 110 valence electrons. The van der Waals surface area contributed by atoms with Gasteiger partial charge in [-0.25, -0.2) is 0 Å². The van der Waals surface area contributed by atoms with E-state index in [0.29, 0.717) is 17.0 Å². The van der Waals surface area contributed by atoms with E-state index in [9.17, 15) is 4.79 Å². The van der Waals surface area contributed by atoms with E-state index in [4.69, 9.17) is 0 Å². The van der Waals surface area contributed by atoms with Crippen LogP contribution in [0, 0.1) is 0 Å². The standard InChI is InChI=1S/C14H22N4OS/c19-14(16-10-12-4-2-8-20-12)13-5-7-18(17-13)11-3-1-6-15-9-11/h5,7,11-12,15H,1-4,6,8-10H2,(H,16,19). The number of amides is 1. The second-order valence-electron chi connectivity index (χ2n) is 5.53. The third kappa shape index (κ3) is 3.35. The second kappa shape index (κ2) is 6.63. The van der Waals surface area contributed by atoms with Crippen molar-refractivity contribution in [3.63, 3.8) is 0 Å². The molecule has 2 atom stereocenters. The van der Waals surface area contributed by atoms with Gasteiger partial charge < -0.3 is 10.6 Å². The van der Waals surface area contributed by atoms with E-state index in [2.05, 4.69) is 15.7 Å². The normalized spacial score (nSPS) is 26.6. The topological polar surface area (TPSA) is 59.0 Å². The molecule has 2 aliphatic heterocycles. The lowest BCUT2D eigenvalue weighted by Crippen LogP contribution is -2.32. The number of aromatic nitrogens is 2. The summed E-state index contributed by atoms with van der Waals surface area (Å²) in [7, 11) is 0. The molecule has 2 aliphatic rings. The van der Waals surface area contributed by atoms with Crippen LogP contribution >= 0.6 is 11.8 Å². The number of hydrogen-bond acceptors (Lipinski definition) is 4. The summed E-state index contributed by atoms with van der Waals surface area (Å²) < 4.78 is 1.94. The van der Waals surface area contributed by atoms with Crippen LogP contribution in [0.15, 0.2) is 12.3 Å². The quantitative estimate of drug-likeness (QED) is 0.882. The largest absolute Gasteiger partial charge is 0.350 e. The van der Waals surface area contributed by atoms with Crippen LogP contribution in [0.3, 0.4) is 0 Å². The minimum Gasteiger partial charge on any atom is -0.350 e. The third-order valence-electron chi connectivity index (χ3n) is 4.00. The molecule has 2 unspecified atom stereocenters. The summed E-state index contributed by atoms with van der Waals surface area (Å²) in [5.74, 6) is 1.18. The lowest BCUT2D eigenvalue weighted by molar-refractivity contribution is 0.0947. The van der Waals surface area contributed by atoms with E-state index in [1.54, 1.807) is 0 Å². The molecule has 2 N–H and O–H groups in total. The highest BCUT2D eigenvalue weighted by Gasteiger charge is 2.19. The van der Waals surface area contributed by atoms with Gasteiger partial charge in [0, 0.05) is 24.5 Å². The summed E-state index contributed by atoms with van der Waals surface area (Å²) in [6.45, 7) is 2.80. The third-order valence-corrected chi connectivity index (χ3v) is 5.40. The number of piperidine rings is 1. The monoisotopic (exact) mass is 294 g/mol. The molecule has 20 heavy (non-hydrogen) atoms. The Hall–Kier alpha value is -1.01. The van der Waals surface area contributed by atoms with Crippen molar-refractivity contribution in [1.82, 2.24) is 20.4 Å². The Kier molecular flexibility index (Phi) is 4.62. The van der Waals surface area contributed by atoms with Gasteiger partial charge >= 0.3 is 0 Å². The van der Waals surface area contributed by atoms with Crippen LogP contribution < -0.4 is 10.6 Å². The van der Waals surface area contributed by atoms with Crippen molar-refractivity contribution in [1.29, 1.82) is 0 Å². The second-order valence-corrected chi connectivity index (χ2v) is 6.93. The molecule has 0 radical (unpaired) electrons. The Morgan fingerprint density at radius 3 is 3.20 bits per heavy atom. The van der Waals surface area contributed by atoms with Crippen LogP contribution in [0.2, 0.25) is 0 Å². The van der Waals surface area contributed by atoms with Crippen molar-refractivity contribution in [3.05, 3.63) is 18.0 Å². The number of nitrogens with one attached hydrogen (secondary N) is 2. The lowest BCUT2D eigenvalue weighted by Gasteiger charge is -2.22. The van der Waals surface area contributed by atoms with E-state index < -0.39 is 0 Å². The van der Waals surface area contributed by atoms with E-state index in [1.807, 2.05) is 28.7 Å². The van der Waals surface area contributed by atoms with Gasteiger partial charge in [-0.1, -0.05) is 0 Å². The summed E-state index contributed by atoms with van der Waals surface area (Å²) in [4.78, 5) is 12.1. The van der Waals surface area contributed by atoms with Crippen molar-refractivity contribution in [2.45, 2.75) is 37.0 Å². The first-order valence-corrected chi connectivity index (χ1v) is 8.53. The highest BCUT2D eigenvalue weighted by Crippen LogP contribution is 2.25. The van der Waals surface area contributed by atoms with Gasteiger partial charge in [-0.2, -0.15) is 16.9 Å². The lowest BCUT2D eigenvalue weighted by atomic mass is 10.1. The molecular formula is C14H22N4OS. The number of rotatable bonds is 4. The van der Waals surface area contributed by atoms with Crippen molar-refractivity contribution < 1.29 is 4.79 Å². The molecule has 5 nitrogen and oxygen atoms in total. The average molecular weight is 294 g/mol. The van der Waals surface area contributed by atoms with Gasteiger partial charge in [0.1, 0.15) is 5.69 Å². The molecule has 1 aromatic rings. The zero-order valence-electron chi connectivity index (χ0n) is 11.7. The van der Waals surface area contributed by atoms with Crippen LogP contribution in [0.5, 0.6) is 0 Å². The minimum atomic E-state index is -0.0416. The Balaban J connectivity index is 1.53. The predicted octanol–water partition coefficient (Wildman–Crippen LogP) is 1.43.